The summed E-state index contributed by atoms with van der Waals surface area (Å²) in [6, 6.07) is 12.3. The van der Waals surface area contributed by atoms with Crippen LogP contribution in [0.4, 0.5) is 10.1 Å². The molecule has 208 valence electrons. The molecule has 0 aromatic heterocycles. The number of thioether (sulfide) groups is 1. The van der Waals surface area contributed by atoms with E-state index in [0.29, 0.717) is 13.2 Å². The number of anilines is 1. The number of hydrogen-bond acceptors (Lipinski definition) is 4. The van der Waals surface area contributed by atoms with Gasteiger partial charge in [-0.05, 0) is 42.5 Å². The first kappa shape index (κ1) is 30.1. The number of amides is 1. The maximum absolute atomic E-state index is 14.7. The molecule has 1 aliphatic rings. The SMILES string of the molecule is CCCCCCCCCCCCCCOc1c(F)cccc1C(=O)Nc1ccccc1CN1CSC=C1C. The molecule has 0 saturated heterocycles. The standard InChI is InChI=1S/C32H45FN2O2S/c1-3-4-5-6-7-8-9-10-11-12-13-16-22-37-31-28(19-17-20-29(31)33)32(36)34-30-21-15-14-18-27(30)23-35-25-38-24-26(35)2/h14-15,17-21,24H,3-13,16,22-23,25H2,1-2H3,(H,34,36). The van der Waals surface area contributed by atoms with Crippen molar-refractivity contribution in [1.29, 1.82) is 0 Å². The van der Waals surface area contributed by atoms with Crippen molar-refractivity contribution in [2.45, 2.75) is 97.4 Å². The molecule has 0 radical (unpaired) electrons. The first-order valence-electron chi connectivity index (χ1n) is 14.4. The zero-order chi connectivity index (χ0) is 27.0. The highest BCUT2D eigenvalue weighted by atomic mass is 32.2. The fraction of sp³-hybridized carbons (Fsp3) is 0.531. The number of ether oxygens (including phenoxy) is 1. The minimum atomic E-state index is -0.500. The predicted molar refractivity (Wildman–Crippen MR) is 159 cm³/mol. The number of halogens is 1. The first-order valence-corrected chi connectivity index (χ1v) is 15.5. The Morgan fingerprint density at radius 3 is 2.24 bits per heavy atom. The van der Waals surface area contributed by atoms with Gasteiger partial charge in [-0.15, -0.1) is 11.8 Å². The van der Waals surface area contributed by atoms with Crippen LogP contribution in [0.15, 0.2) is 53.6 Å². The average molecular weight is 541 g/mol. The summed E-state index contributed by atoms with van der Waals surface area (Å²) in [5, 5.41) is 5.14. The minimum Gasteiger partial charge on any atom is -0.490 e. The summed E-state index contributed by atoms with van der Waals surface area (Å²) < 4.78 is 20.5. The van der Waals surface area contributed by atoms with Gasteiger partial charge < -0.3 is 15.0 Å². The lowest BCUT2D eigenvalue weighted by Crippen LogP contribution is -2.20. The summed E-state index contributed by atoms with van der Waals surface area (Å²) in [7, 11) is 0. The Hall–Kier alpha value is -2.47. The molecule has 0 fully saturated rings. The molecule has 0 saturated carbocycles. The molecule has 3 rings (SSSR count). The molecule has 6 heteroatoms. The van der Waals surface area contributed by atoms with E-state index in [1.807, 2.05) is 24.3 Å². The predicted octanol–water partition coefficient (Wildman–Crippen LogP) is 9.53. The van der Waals surface area contributed by atoms with Gasteiger partial charge in [0.25, 0.3) is 5.91 Å². The van der Waals surface area contributed by atoms with E-state index in [1.165, 1.54) is 76.0 Å². The van der Waals surface area contributed by atoms with Crippen LogP contribution in [-0.4, -0.2) is 23.3 Å². The average Bonchev–Trinajstić information content (AvgIpc) is 3.32. The Labute approximate surface area is 233 Å². The number of hydrogen-bond donors (Lipinski definition) is 1. The molecule has 4 nitrogen and oxygen atoms in total. The number of carbonyl (C=O) groups is 1. The van der Waals surface area contributed by atoms with Crippen LogP contribution in [0.5, 0.6) is 5.75 Å². The van der Waals surface area contributed by atoms with E-state index in [4.69, 9.17) is 4.74 Å². The smallest absolute Gasteiger partial charge is 0.259 e. The molecule has 1 heterocycles. The van der Waals surface area contributed by atoms with Gasteiger partial charge in [-0.3, -0.25) is 4.79 Å². The van der Waals surface area contributed by atoms with Crippen LogP contribution in [0.1, 0.15) is 107 Å². The highest BCUT2D eigenvalue weighted by Crippen LogP contribution is 2.29. The quantitative estimate of drug-likeness (QED) is 0.191. The van der Waals surface area contributed by atoms with Crippen molar-refractivity contribution in [2.75, 3.05) is 17.8 Å². The van der Waals surface area contributed by atoms with Crippen LogP contribution in [-0.2, 0) is 6.54 Å². The van der Waals surface area contributed by atoms with Crippen LogP contribution < -0.4 is 10.1 Å². The molecule has 0 spiro atoms. The number of rotatable bonds is 18. The second kappa shape index (κ2) is 17.2. The summed E-state index contributed by atoms with van der Waals surface area (Å²) in [4.78, 5) is 15.5. The molecule has 0 aliphatic carbocycles. The Bertz CT molecular complexity index is 1030. The Morgan fingerprint density at radius 2 is 1.58 bits per heavy atom. The van der Waals surface area contributed by atoms with Crippen molar-refractivity contribution in [3.8, 4) is 5.75 Å². The number of carbonyl (C=O) groups excluding carboxylic acids is 1. The van der Waals surface area contributed by atoms with Gasteiger partial charge >= 0.3 is 0 Å². The van der Waals surface area contributed by atoms with E-state index >= 15 is 0 Å². The van der Waals surface area contributed by atoms with E-state index in [2.05, 4.69) is 29.5 Å². The van der Waals surface area contributed by atoms with Gasteiger partial charge in [-0.2, -0.15) is 0 Å². The van der Waals surface area contributed by atoms with Gasteiger partial charge in [-0.1, -0.05) is 102 Å². The lowest BCUT2D eigenvalue weighted by atomic mass is 10.1. The lowest BCUT2D eigenvalue weighted by molar-refractivity contribution is 0.102. The molecule has 0 atom stereocenters. The lowest BCUT2D eigenvalue weighted by Gasteiger charge is -2.21. The Balaban J connectivity index is 1.43. The fourth-order valence-corrected chi connectivity index (χ4v) is 5.66. The third kappa shape index (κ3) is 10.0. The molecule has 1 N–H and O–H groups in total. The number of unbranched alkanes of at least 4 members (excludes halogenated alkanes) is 11. The van der Waals surface area contributed by atoms with Crippen molar-refractivity contribution in [2.24, 2.45) is 0 Å². The van der Waals surface area contributed by atoms with Crippen molar-refractivity contribution in [3.63, 3.8) is 0 Å². The number of benzene rings is 2. The summed E-state index contributed by atoms with van der Waals surface area (Å²) >= 11 is 1.77. The summed E-state index contributed by atoms with van der Waals surface area (Å²) in [5.74, 6) is 0.0829. The second-order valence-corrected chi connectivity index (χ2v) is 11.0. The van der Waals surface area contributed by atoms with Crippen molar-refractivity contribution < 1.29 is 13.9 Å². The Morgan fingerprint density at radius 1 is 0.921 bits per heavy atom. The van der Waals surface area contributed by atoms with E-state index < -0.39 is 5.82 Å². The van der Waals surface area contributed by atoms with Gasteiger partial charge in [0.05, 0.1) is 18.0 Å². The third-order valence-corrected chi connectivity index (χ3v) is 8.03. The van der Waals surface area contributed by atoms with Gasteiger partial charge in [0.2, 0.25) is 0 Å². The van der Waals surface area contributed by atoms with Gasteiger partial charge in [-0.25, -0.2) is 4.39 Å². The topological polar surface area (TPSA) is 41.6 Å². The number of para-hydroxylation sites is 2. The molecular weight excluding hydrogens is 495 g/mol. The van der Waals surface area contributed by atoms with E-state index in [-0.39, 0.29) is 17.2 Å². The summed E-state index contributed by atoms with van der Waals surface area (Å²) in [6.45, 7) is 5.46. The maximum Gasteiger partial charge on any atom is 0.259 e. The Kier molecular flexibility index (Phi) is 13.6. The highest BCUT2D eigenvalue weighted by molar-refractivity contribution is 8.02. The molecule has 0 bridgehead atoms. The van der Waals surface area contributed by atoms with Crippen molar-refractivity contribution in [1.82, 2.24) is 4.90 Å². The van der Waals surface area contributed by atoms with Crippen molar-refractivity contribution >= 4 is 23.4 Å². The molecule has 38 heavy (non-hydrogen) atoms. The van der Waals surface area contributed by atoms with Crippen molar-refractivity contribution in [3.05, 3.63) is 70.5 Å². The monoisotopic (exact) mass is 540 g/mol. The third-order valence-electron chi connectivity index (χ3n) is 7.07. The number of allylic oxidation sites excluding steroid dienone is 1. The van der Waals surface area contributed by atoms with Gasteiger partial charge in [0, 0.05) is 17.9 Å². The fourth-order valence-electron chi connectivity index (χ4n) is 4.72. The summed E-state index contributed by atoms with van der Waals surface area (Å²) in [6.07, 6.45) is 15.1. The molecule has 1 aliphatic heterocycles. The highest BCUT2D eigenvalue weighted by Gasteiger charge is 2.19. The van der Waals surface area contributed by atoms with Crippen LogP contribution in [0.25, 0.3) is 0 Å². The van der Waals surface area contributed by atoms with E-state index in [9.17, 15) is 9.18 Å². The van der Waals surface area contributed by atoms with E-state index in [1.54, 1.807) is 23.9 Å². The number of nitrogens with zero attached hydrogens (tertiary/aromatic N) is 1. The molecule has 2 aromatic carbocycles. The molecule has 2 aromatic rings. The zero-order valence-electron chi connectivity index (χ0n) is 23.3. The van der Waals surface area contributed by atoms with Gasteiger partial charge in [0.15, 0.2) is 11.6 Å². The number of nitrogens with one attached hydrogen (secondary N) is 1. The van der Waals surface area contributed by atoms with E-state index in [0.717, 1.165) is 30.0 Å². The molecular formula is C32H45FN2O2S. The maximum atomic E-state index is 14.7. The molecule has 1 amide bonds. The zero-order valence-corrected chi connectivity index (χ0v) is 24.1. The molecule has 0 unspecified atom stereocenters. The first-order chi connectivity index (χ1) is 18.6. The largest absolute Gasteiger partial charge is 0.490 e. The van der Waals surface area contributed by atoms with Gasteiger partial charge in [0.1, 0.15) is 0 Å². The van der Waals surface area contributed by atoms with Crippen LogP contribution in [0.3, 0.4) is 0 Å². The van der Waals surface area contributed by atoms with Crippen LogP contribution in [0, 0.1) is 5.82 Å². The second-order valence-electron chi connectivity index (χ2n) is 10.2. The minimum absolute atomic E-state index is 0.0419. The van der Waals surface area contributed by atoms with Crippen LogP contribution in [0.2, 0.25) is 0 Å². The summed E-state index contributed by atoms with van der Waals surface area (Å²) in [5.41, 5.74) is 3.20. The van der Waals surface area contributed by atoms with Crippen LogP contribution >= 0.6 is 11.8 Å². The normalized spacial score (nSPS) is 13.0.